The highest BCUT2D eigenvalue weighted by Crippen LogP contribution is 2.37. The van der Waals surface area contributed by atoms with E-state index in [4.69, 9.17) is 0 Å². The van der Waals surface area contributed by atoms with Crippen molar-refractivity contribution in [3.63, 3.8) is 0 Å². The number of hydrogen-bond donors (Lipinski definition) is 0. The van der Waals surface area contributed by atoms with Gasteiger partial charge in [0.15, 0.2) is 0 Å². The molecule has 0 heterocycles. The molecule has 0 aliphatic rings. The smallest absolute Gasteiger partial charge is 0.0177 e. The van der Waals surface area contributed by atoms with Crippen molar-refractivity contribution in [1.29, 1.82) is 0 Å². The average molecular weight is 305 g/mol. The summed E-state index contributed by atoms with van der Waals surface area (Å²) in [6, 6.07) is 0. The maximum absolute atomic E-state index is 2.38. The molecule has 0 nitrogen and oxygen atoms in total. The lowest BCUT2D eigenvalue weighted by Gasteiger charge is -2.25. The highest BCUT2D eigenvalue weighted by atomic mass is 33.1. The molecule has 0 aliphatic carbocycles. The van der Waals surface area contributed by atoms with Crippen LogP contribution < -0.4 is 0 Å². The summed E-state index contributed by atoms with van der Waals surface area (Å²) in [5.41, 5.74) is 0. The Labute approximate surface area is 130 Å². The summed E-state index contributed by atoms with van der Waals surface area (Å²) >= 11 is 0. The summed E-state index contributed by atoms with van der Waals surface area (Å²) in [6.07, 6.45) is 14.2. The minimum atomic E-state index is 0.892. The van der Waals surface area contributed by atoms with Gasteiger partial charge in [-0.2, -0.15) is 0 Å². The van der Waals surface area contributed by atoms with Gasteiger partial charge in [0.1, 0.15) is 0 Å². The van der Waals surface area contributed by atoms with Crippen LogP contribution >= 0.6 is 21.6 Å². The molecular formula is C17H36S2. The monoisotopic (exact) mass is 304 g/mol. The van der Waals surface area contributed by atoms with Crippen LogP contribution in [0.25, 0.3) is 0 Å². The van der Waals surface area contributed by atoms with Crippen molar-refractivity contribution in [3.8, 4) is 0 Å². The van der Waals surface area contributed by atoms with Crippen molar-refractivity contribution in [2.75, 3.05) is 5.75 Å². The quantitative estimate of drug-likeness (QED) is 0.243. The molecule has 2 atom stereocenters. The van der Waals surface area contributed by atoms with Gasteiger partial charge in [0.05, 0.1) is 0 Å². The summed E-state index contributed by atoms with van der Waals surface area (Å²) in [6.45, 7) is 9.28. The van der Waals surface area contributed by atoms with Gasteiger partial charge in [0.2, 0.25) is 0 Å². The van der Waals surface area contributed by atoms with E-state index in [1.54, 1.807) is 0 Å². The molecule has 0 bridgehead atoms. The van der Waals surface area contributed by atoms with E-state index < -0.39 is 0 Å². The molecule has 0 aromatic heterocycles. The lowest BCUT2D eigenvalue weighted by Crippen LogP contribution is -2.16. The molecule has 0 fully saturated rings. The Morgan fingerprint density at radius 2 is 1.32 bits per heavy atom. The van der Waals surface area contributed by atoms with E-state index in [1.165, 1.54) is 70.0 Å². The first-order valence-corrected chi connectivity index (χ1v) is 11.0. The van der Waals surface area contributed by atoms with Crippen LogP contribution in [0.15, 0.2) is 0 Å². The van der Waals surface area contributed by atoms with Gasteiger partial charge in [0, 0.05) is 11.0 Å². The van der Waals surface area contributed by atoms with Crippen molar-refractivity contribution >= 4 is 21.6 Å². The van der Waals surface area contributed by atoms with E-state index >= 15 is 0 Å². The standard InChI is InChI=1S/C17H36S2/c1-5-9-11-13-15-16(14-12-10-6-2)17(7-3)19-18-8-4/h16-17H,5-15H2,1-4H3/t16?,17-/m0/s1. The van der Waals surface area contributed by atoms with Gasteiger partial charge in [0.25, 0.3) is 0 Å². The Morgan fingerprint density at radius 1 is 0.737 bits per heavy atom. The summed E-state index contributed by atoms with van der Waals surface area (Å²) in [5.74, 6) is 2.22. The van der Waals surface area contributed by atoms with Crippen molar-refractivity contribution < 1.29 is 0 Å². The van der Waals surface area contributed by atoms with Crippen LogP contribution in [0.3, 0.4) is 0 Å². The number of hydrogen-bond acceptors (Lipinski definition) is 2. The molecule has 0 rings (SSSR count). The third kappa shape index (κ3) is 11.1. The fourth-order valence-electron chi connectivity index (χ4n) is 2.64. The summed E-state index contributed by atoms with van der Waals surface area (Å²) in [4.78, 5) is 0. The SMILES string of the molecule is CCCCCCC(CCCCC)[C@H](CC)SSCC. The van der Waals surface area contributed by atoms with Crippen LogP contribution in [0.4, 0.5) is 0 Å². The van der Waals surface area contributed by atoms with Crippen molar-refractivity contribution in [1.82, 2.24) is 0 Å². The zero-order valence-electron chi connectivity index (χ0n) is 13.7. The summed E-state index contributed by atoms with van der Waals surface area (Å²) < 4.78 is 0. The van der Waals surface area contributed by atoms with Crippen molar-refractivity contribution in [2.24, 2.45) is 5.92 Å². The predicted octanol–water partition coefficient (Wildman–Crippen LogP) is 7.33. The molecule has 0 spiro atoms. The molecule has 0 amide bonds. The summed E-state index contributed by atoms with van der Waals surface area (Å²) in [7, 11) is 4.24. The third-order valence-electron chi connectivity index (χ3n) is 3.84. The van der Waals surface area contributed by atoms with Crippen molar-refractivity contribution in [2.45, 2.75) is 97.2 Å². The lowest BCUT2D eigenvalue weighted by molar-refractivity contribution is 0.392. The molecule has 0 radical (unpaired) electrons. The molecule has 0 aromatic rings. The molecule has 0 saturated carbocycles. The predicted molar refractivity (Wildman–Crippen MR) is 96.2 cm³/mol. The van der Waals surface area contributed by atoms with Gasteiger partial charge in [-0.05, 0) is 25.2 Å². The molecule has 0 aromatic carbocycles. The molecule has 116 valence electrons. The Bertz CT molecular complexity index is 171. The maximum atomic E-state index is 2.38. The van der Waals surface area contributed by atoms with Crippen molar-refractivity contribution in [3.05, 3.63) is 0 Å². The highest BCUT2D eigenvalue weighted by molar-refractivity contribution is 8.76. The Balaban J connectivity index is 4.10. The fraction of sp³-hybridized carbons (Fsp3) is 1.00. The van der Waals surface area contributed by atoms with E-state index in [1.807, 2.05) is 0 Å². The van der Waals surface area contributed by atoms with Crippen LogP contribution in [0.2, 0.25) is 0 Å². The molecule has 0 aliphatic heterocycles. The normalized spacial score (nSPS) is 14.5. The topological polar surface area (TPSA) is 0 Å². The number of unbranched alkanes of at least 4 members (excludes halogenated alkanes) is 5. The first-order chi connectivity index (χ1) is 9.29. The van der Waals surface area contributed by atoms with Gasteiger partial charge >= 0.3 is 0 Å². The van der Waals surface area contributed by atoms with Gasteiger partial charge in [-0.25, -0.2) is 0 Å². The van der Waals surface area contributed by atoms with Gasteiger partial charge < -0.3 is 0 Å². The largest absolute Gasteiger partial charge is 0.0942 e. The fourth-order valence-corrected chi connectivity index (χ4v) is 5.33. The second-order valence-electron chi connectivity index (χ2n) is 5.55. The van der Waals surface area contributed by atoms with E-state index in [0.717, 1.165) is 11.2 Å². The molecular weight excluding hydrogens is 268 g/mol. The maximum Gasteiger partial charge on any atom is 0.0177 e. The Morgan fingerprint density at radius 3 is 1.84 bits per heavy atom. The second-order valence-corrected chi connectivity index (χ2v) is 8.45. The van der Waals surface area contributed by atoms with Crippen LogP contribution in [0.1, 0.15) is 91.9 Å². The van der Waals surface area contributed by atoms with Gasteiger partial charge in [-0.1, -0.05) is 94.2 Å². The second kappa shape index (κ2) is 15.1. The zero-order chi connectivity index (χ0) is 14.3. The molecule has 0 N–H and O–H groups in total. The molecule has 2 heteroatoms. The van der Waals surface area contributed by atoms with Gasteiger partial charge in [-0.3, -0.25) is 0 Å². The minimum Gasteiger partial charge on any atom is -0.0942 e. The minimum absolute atomic E-state index is 0.892. The van der Waals surface area contributed by atoms with Crippen LogP contribution in [-0.4, -0.2) is 11.0 Å². The van der Waals surface area contributed by atoms with E-state index in [9.17, 15) is 0 Å². The first kappa shape index (κ1) is 19.7. The average Bonchev–Trinajstić information content (AvgIpc) is 2.43. The zero-order valence-corrected chi connectivity index (χ0v) is 15.4. The first-order valence-electron chi connectivity index (χ1n) is 8.58. The Hall–Kier alpha value is 0.700. The Kier molecular flexibility index (Phi) is 15.7. The van der Waals surface area contributed by atoms with Crippen LogP contribution in [-0.2, 0) is 0 Å². The van der Waals surface area contributed by atoms with Gasteiger partial charge in [-0.15, -0.1) is 0 Å². The van der Waals surface area contributed by atoms with E-state index in [0.29, 0.717) is 0 Å². The summed E-state index contributed by atoms with van der Waals surface area (Å²) in [5, 5.41) is 0.892. The highest BCUT2D eigenvalue weighted by Gasteiger charge is 2.19. The van der Waals surface area contributed by atoms with E-state index in [2.05, 4.69) is 49.3 Å². The van der Waals surface area contributed by atoms with Crippen LogP contribution in [0, 0.1) is 5.92 Å². The molecule has 1 unspecified atom stereocenters. The molecule has 19 heavy (non-hydrogen) atoms. The molecule has 0 saturated heterocycles. The lowest BCUT2D eigenvalue weighted by atomic mass is 9.90. The number of rotatable bonds is 14. The third-order valence-corrected chi connectivity index (χ3v) is 7.04. The van der Waals surface area contributed by atoms with E-state index in [-0.39, 0.29) is 0 Å². The van der Waals surface area contributed by atoms with Crippen LogP contribution in [0.5, 0.6) is 0 Å².